The second-order valence-electron chi connectivity index (χ2n) is 18.0. The summed E-state index contributed by atoms with van der Waals surface area (Å²) in [5.41, 5.74) is 7.52. The van der Waals surface area contributed by atoms with Gasteiger partial charge in [0.1, 0.15) is 29.6 Å². The number of hydrogen-bond donors (Lipinski definition) is 4. The average molecular weight is 942 g/mol. The van der Waals surface area contributed by atoms with Crippen LogP contribution in [-0.4, -0.2) is 95.1 Å². The normalized spacial score (nSPS) is 17.2. The van der Waals surface area contributed by atoms with Crippen LogP contribution in [0.3, 0.4) is 0 Å². The predicted octanol–water partition coefficient (Wildman–Crippen LogP) is 7.76. The first-order valence-corrected chi connectivity index (χ1v) is 25.4. The zero-order valence-electron chi connectivity index (χ0n) is 37.9. The molecule has 3 aliphatic heterocycles. The molecule has 4 N–H and O–H groups in total. The number of benzene rings is 3. The minimum absolute atomic E-state index is 0.101. The zero-order valence-corrected chi connectivity index (χ0v) is 39.5. The number of piperidine rings is 3. The Balaban J connectivity index is 0.914. The van der Waals surface area contributed by atoms with Gasteiger partial charge in [-0.15, -0.1) is 0 Å². The molecule has 3 fully saturated rings. The molecule has 9 rings (SSSR count). The van der Waals surface area contributed by atoms with E-state index >= 15 is 0 Å². The van der Waals surface area contributed by atoms with Gasteiger partial charge in [0, 0.05) is 74.0 Å². The van der Waals surface area contributed by atoms with Crippen molar-refractivity contribution < 1.29 is 23.7 Å². The van der Waals surface area contributed by atoms with E-state index in [1.165, 1.54) is 6.20 Å². The summed E-state index contributed by atoms with van der Waals surface area (Å²) in [7, 11) is 0.803. The molecule has 0 aliphatic carbocycles. The number of hydrogen-bond acceptors (Lipinski definition) is 13. The predicted molar refractivity (Wildman–Crippen MR) is 263 cm³/mol. The Kier molecular flexibility index (Phi) is 12.8. The minimum atomic E-state index is -2.74. The van der Waals surface area contributed by atoms with Crippen molar-refractivity contribution in [1.82, 2.24) is 35.4 Å². The number of nitrogens with one attached hydrogen (secondary N) is 4. The summed E-state index contributed by atoms with van der Waals surface area (Å²) in [5.74, 6) is -0.0211. The lowest BCUT2D eigenvalue weighted by Gasteiger charge is -2.49. The van der Waals surface area contributed by atoms with E-state index in [-0.39, 0.29) is 35.8 Å². The molecule has 3 aromatic heterocycles. The highest BCUT2D eigenvalue weighted by Crippen LogP contribution is 2.46. The molecular formula is C49H53ClN11O5P. The first-order chi connectivity index (χ1) is 32.2. The Bertz CT molecular complexity index is 2880. The molecule has 0 saturated carbocycles. The molecular weight excluding hydrogens is 889 g/mol. The summed E-state index contributed by atoms with van der Waals surface area (Å²) < 4.78 is 21.4. The van der Waals surface area contributed by atoms with Crippen molar-refractivity contribution >= 4 is 76.3 Å². The number of aryl methyl sites for hydroxylation is 1. The summed E-state index contributed by atoms with van der Waals surface area (Å²) >= 11 is 6.70. The van der Waals surface area contributed by atoms with Gasteiger partial charge < -0.3 is 35.1 Å². The Hall–Kier alpha value is -6.77. The molecule has 3 aromatic carbocycles. The molecule has 18 heteroatoms. The third-order valence-electron chi connectivity index (χ3n) is 13.0. The Morgan fingerprint density at radius 3 is 2.39 bits per heavy atom. The Morgan fingerprint density at radius 1 is 0.881 bits per heavy atom. The van der Waals surface area contributed by atoms with E-state index in [0.717, 1.165) is 85.5 Å². The van der Waals surface area contributed by atoms with Crippen molar-refractivity contribution in [2.24, 2.45) is 12.5 Å². The number of anilines is 6. The molecule has 0 radical (unpaired) electrons. The number of halogens is 1. The van der Waals surface area contributed by atoms with E-state index in [4.69, 9.17) is 21.3 Å². The number of rotatable bonds is 12. The molecule has 16 nitrogen and oxygen atoms in total. The van der Waals surface area contributed by atoms with Gasteiger partial charge in [-0.3, -0.25) is 24.4 Å². The molecule has 1 spiro atoms. The first kappa shape index (κ1) is 45.4. The van der Waals surface area contributed by atoms with Crippen molar-refractivity contribution in [2.75, 3.05) is 67.1 Å². The third-order valence-corrected chi connectivity index (χ3v) is 14.8. The van der Waals surface area contributed by atoms with Crippen LogP contribution in [0.5, 0.6) is 5.75 Å². The van der Waals surface area contributed by atoms with Crippen LogP contribution in [0.1, 0.15) is 49.0 Å². The summed E-state index contributed by atoms with van der Waals surface area (Å²) in [6, 6.07) is 22.8. The fourth-order valence-electron chi connectivity index (χ4n) is 9.37. The van der Waals surface area contributed by atoms with E-state index in [1.54, 1.807) is 37.4 Å². The number of imide groups is 1. The second-order valence-corrected chi connectivity index (χ2v) is 21.5. The molecule has 3 saturated heterocycles. The van der Waals surface area contributed by atoms with Gasteiger partial charge in [-0.25, -0.2) is 9.97 Å². The fourth-order valence-corrected chi connectivity index (χ4v) is 10.7. The maximum absolute atomic E-state index is 13.6. The molecule has 6 heterocycles. The van der Waals surface area contributed by atoms with Crippen molar-refractivity contribution in [3.63, 3.8) is 0 Å². The van der Waals surface area contributed by atoms with Gasteiger partial charge in [0.2, 0.25) is 17.8 Å². The topological polar surface area (TPSA) is 189 Å². The number of carbonyl (C=O) groups is 3. The Labute approximate surface area is 394 Å². The molecule has 67 heavy (non-hydrogen) atoms. The number of ether oxygens (including phenoxy) is 1. The van der Waals surface area contributed by atoms with E-state index in [1.807, 2.05) is 74.0 Å². The smallest absolute Gasteiger partial charge is 0.270 e. The van der Waals surface area contributed by atoms with Crippen LogP contribution >= 0.6 is 18.7 Å². The number of methoxy groups -OCH3 is 1. The summed E-state index contributed by atoms with van der Waals surface area (Å²) in [4.78, 5) is 55.2. The number of amides is 3. The van der Waals surface area contributed by atoms with E-state index < -0.39 is 25.0 Å². The molecule has 1 atom stereocenters. The maximum Gasteiger partial charge on any atom is 0.270 e. The number of aromatic nitrogens is 5. The fraction of sp³-hybridized carbons (Fsp3) is 0.327. The van der Waals surface area contributed by atoms with Gasteiger partial charge in [0.15, 0.2) is 5.82 Å². The lowest BCUT2D eigenvalue weighted by Crippen LogP contribution is -2.52. The first-order valence-electron chi connectivity index (χ1n) is 22.4. The maximum atomic E-state index is 13.6. The lowest BCUT2D eigenvalue weighted by molar-refractivity contribution is -0.134. The van der Waals surface area contributed by atoms with Gasteiger partial charge in [0.05, 0.1) is 42.8 Å². The van der Waals surface area contributed by atoms with Crippen LogP contribution in [-0.2, 0) is 21.2 Å². The standard InChI is InChI=1S/C49H53ClN11O5P/c1-59-29-33(26-53-59)35-24-40(56-48-52-28-36(50)45(58-48)54-37-13-11-32(23-43(37)67(3,4)65)31-9-6-5-7-10-31)42(66-2)25-41(35)60-21-18-49(19-22-60)17-8-20-61(30-49)34-12-14-38(51-27-34)46(63)55-39-15-16-44(62)57-47(39)64/h5-7,9-14,23-29,39H,8,15-22,30H2,1-4H3,(H,55,63)(H,57,62,64)(H2,52,54,56,58). The largest absolute Gasteiger partial charge is 0.494 e. The van der Waals surface area contributed by atoms with Crippen LogP contribution < -0.4 is 41.1 Å². The Morgan fingerprint density at radius 2 is 1.69 bits per heavy atom. The molecule has 1 unspecified atom stereocenters. The van der Waals surface area contributed by atoms with Crippen molar-refractivity contribution in [2.45, 2.75) is 44.6 Å². The van der Waals surface area contributed by atoms with E-state index in [9.17, 15) is 18.9 Å². The SMILES string of the molecule is COc1cc(N2CCC3(CCCN(c4ccc(C(=O)NC5CCC(=O)NC5=O)nc4)C3)CC2)c(-c2cnn(C)c2)cc1Nc1ncc(Cl)c(Nc2ccc(-c3ccccc3)cc2P(C)(C)=O)n1. The summed E-state index contributed by atoms with van der Waals surface area (Å²) in [5, 5.41) is 17.2. The van der Waals surface area contributed by atoms with Gasteiger partial charge in [0.25, 0.3) is 5.91 Å². The van der Waals surface area contributed by atoms with Gasteiger partial charge in [-0.1, -0.05) is 48.0 Å². The molecule has 0 bridgehead atoms. The minimum Gasteiger partial charge on any atom is -0.494 e. The highest BCUT2D eigenvalue weighted by molar-refractivity contribution is 7.70. The van der Waals surface area contributed by atoms with Crippen LogP contribution in [0.2, 0.25) is 5.02 Å². The van der Waals surface area contributed by atoms with Gasteiger partial charge in [-0.2, -0.15) is 10.1 Å². The monoisotopic (exact) mass is 941 g/mol. The van der Waals surface area contributed by atoms with Crippen LogP contribution in [0.25, 0.3) is 22.3 Å². The van der Waals surface area contributed by atoms with E-state index in [2.05, 4.69) is 58.3 Å². The van der Waals surface area contributed by atoms with Gasteiger partial charge >= 0.3 is 0 Å². The number of carbonyl (C=O) groups excluding carboxylic acids is 3. The van der Waals surface area contributed by atoms with Crippen LogP contribution in [0.4, 0.5) is 34.5 Å². The zero-order chi connectivity index (χ0) is 46.9. The lowest BCUT2D eigenvalue weighted by atomic mass is 9.72. The molecule has 6 aromatic rings. The quantitative estimate of drug-likeness (QED) is 0.0689. The summed E-state index contributed by atoms with van der Waals surface area (Å²) in [6.07, 6.45) is 11.7. The van der Waals surface area contributed by atoms with Crippen LogP contribution in [0.15, 0.2) is 97.6 Å². The second kappa shape index (κ2) is 18.8. The van der Waals surface area contributed by atoms with Crippen LogP contribution in [0, 0.1) is 5.41 Å². The van der Waals surface area contributed by atoms with Crippen molar-refractivity contribution in [3.05, 3.63) is 108 Å². The number of pyridine rings is 1. The van der Waals surface area contributed by atoms with Crippen molar-refractivity contribution in [3.8, 4) is 28.0 Å². The molecule has 3 amide bonds. The average Bonchev–Trinajstić information content (AvgIpc) is 3.77. The molecule has 346 valence electrons. The molecule has 3 aliphatic rings. The highest BCUT2D eigenvalue weighted by atomic mass is 35.5. The summed E-state index contributed by atoms with van der Waals surface area (Å²) in [6.45, 7) is 6.93. The van der Waals surface area contributed by atoms with Gasteiger partial charge in [-0.05, 0) is 92.3 Å². The van der Waals surface area contributed by atoms with Crippen molar-refractivity contribution in [1.29, 1.82) is 0 Å². The third kappa shape index (κ3) is 10.0. The highest BCUT2D eigenvalue weighted by Gasteiger charge is 2.39. The van der Waals surface area contributed by atoms with E-state index in [0.29, 0.717) is 33.3 Å². The number of nitrogens with zero attached hydrogens (tertiary/aromatic N) is 7.